The van der Waals surface area contributed by atoms with Crippen molar-refractivity contribution in [2.75, 3.05) is 7.11 Å². The summed E-state index contributed by atoms with van der Waals surface area (Å²) in [5.74, 6) is 1.15. The maximum absolute atomic E-state index is 9.20. The van der Waals surface area contributed by atoms with Crippen LogP contribution in [0.15, 0.2) is 24.3 Å². The molecule has 1 aromatic carbocycles. The van der Waals surface area contributed by atoms with Gasteiger partial charge in [0.2, 0.25) is 0 Å². The summed E-state index contributed by atoms with van der Waals surface area (Å²) in [6.07, 6.45) is 3.84. The van der Waals surface area contributed by atoms with Gasteiger partial charge < -0.3 is 4.74 Å². The van der Waals surface area contributed by atoms with Crippen LogP contribution in [0, 0.1) is 11.3 Å². The van der Waals surface area contributed by atoms with Gasteiger partial charge in [0.1, 0.15) is 5.75 Å². The Kier molecular flexibility index (Phi) is 4.38. The van der Waals surface area contributed by atoms with Crippen molar-refractivity contribution in [3.63, 3.8) is 0 Å². The first-order valence-electron chi connectivity index (χ1n) is 8.28. The van der Waals surface area contributed by atoms with Crippen LogP contribution < -0.4 is 4.74 Å². The van der Waals surface area contributed by atoms with Crippen molar-refractivity contribution in [3.05, 3.63) is 35.5 Å². The number of fused-ring (bicyclic) bond motifs is 1. The summed E-state index contributed by atoms with van der Waals surface area (Å²) in [4.78, 5) is 0. The van der Waals surface area contributed by atoms with E-state index in [2.05, 4.69) is 36.7 Å². The Balaban J connectivity index is 2.13. The number of methoxy groups -OCH3 is 1. The van der Waals surface area contributed by atoms with Gasteiger partial charge in [-0.1, -0.05) is 0 Å². The van der Waals surface area contributed by atoms with E-state index >= 15 is 0 Å². The summed E-state index contributed by atoms with van der Waals surface area (Å²) >= 11 is 0. The highest BCUT2D eigenvalue weighted by Crippen LogP contribution is 2.41. The van der Waals surface area contributed by atoms with E-state index in [1.807, 2.05) is 12.1 Å². The number of rotatable bonds is 4. The minimum atomic E-state index is 0.299. The van der Waals surface area contributed by atoms with Crippen molar-refractivity contribution in [1.82, 2.24) is 9.78 Å². The summed E-state index contributed by atoms with van der Waals surface area (Å²) < 4.78 is 7.40. The van der Waals surface area contributed by atoms with E-state index in [-0.39, 0.29) is 0 Å². The molecule has 1 aliphatic rings. The maximum Gasteiger partial charge on any atom is 0.118 e. The predicted molar refractivity (Wildman–Crippen MR) is 90.5 cm³/mol. The maximum atomic E-state index is 9.20. The highest BCUT2D eigenvalue weighted by Gasteiger charge is 2.29. The van der Waals surface area contributed by atoms with E-state index in [1.165, 1.54) is 11.3 Å². The van der Waals surface area contributed by atoms with Gasteiger partial charge in [0.15, 0.2) is 0 Å². The molecule has 23 heavy (non-hydrogen) atoms. The smallest absolute Gasteiger partial charge is 0.118 e. The second kappa shape index (κ2) is 6.45. The van der Waals surface area contributed by atoms with Crippen LogP contribution in [0.5, 0.6) is 5.75 Å². The van der Waals surface area contributed by atoms with Gasteiger partial charge in [-0.2, -0.15) is 10.4 Å². The molecular weight excluding hydrogens is 286 g/mol. The molecule has 0 saturated carbocycles. The van der Waals surface area contributed by atoms with Gasteiger partial charge in [-0.25, -0.2) is 0 Å². The SMILES string of the molecule is COc1ccc(-c2nn(C(C)C)c3c2C(CC#N)CCC3)cc1. The van der Waals surface area contributed by atoms with Crippen molar-refractivity contribution in [3.8, 4) is 23.1 Å². The zero-order chi connectivity index (χ0) is 16.4. The summed E-state index contributed by atoms with van der Waals surface area (Å²) in [6, 6.07) is 10.7. The molecule has 1 aromatic heterocycles. The molecule has 0 saturated heterocycles. The van der Waals surface area contributed by atoms with Gasteiger partial charge in [0, 0.05) is 35.2 Å². The number of nitrogens with zero attached hydrogens (tertiary/aromatic N) is 3. The van der Waals surface area contributed by atoms with Crippen molar-refractivity contribution in [1.29, 1.82) is 5.26 Å². The fourth-order valence-electron chi connectivity index (χ4n) is 3.52. The van der Waals surface area contributed by atoms with Crippen molar-refractivity contribution in [2.45, 2.75) is 51.5 Å². The number of hydrogen-bond donors (Lipinski definition) is 0. The first-order chi connectivity index (χ1) is 11.2. The molecule has 1 atom stereocenters. The number of nitriles is 1. The third kappa shape index (κ3) is 2.84. The first-order valence-corrected chi connectivity index (χ1v) is 8.28. The molecule has 4 nitrogen and oxygen atoms in total. The highest BCUT2D eigenvalue weighted by atomic mass is 16.5. The summed E-state index contributed by atoms with van der Waals surface area (Å²) in [5.41, 5.74) is 4.75. The predicted octanol–water partition coefficient (Wildman–Crippen LogP) is 4.47. The standard InChI is InChI=1S/C19H23N3O/c1-13(2)22-17-6-4-5-14(11-12-20)18(17)19(21-22)15-7-9-16(23-3)10-8-15/h7-10,13-14H,4-6,11H2,1-3H3. The Hall–Kier alpha value is -2.28. The minimum Gasteiger partial charge on any atom is -0.497 e. The molecule has 0 amide bonds. The van der Waals surface area contributed by atoms with Crippen LogP contribution in [0.3, 0.4) is 0 Å². The molecule has 0 radical (unpaired) electrons. The summed E-state index contributed by atoms with van der Waals surface area (Å²) in [5, 5.41) is 14.1. The Morgan fingerprint density at radius 2 is 2.09 bits per heavy atom. The molecule has 0 aliphatic heterocycles. The van der Waals surface area contributed by atoms with Gasteiger partial charge >= 0.3 is 0 Å². The van der Waals surface area contributed by atoms with E-state index in [9.17, 15) is 5.26 Å². The van der Waals surface area contributed by atoms with Crippen LogP contribution in [-0.4, -0.2) is 16.9 Å². The van der Waals surface area contributed by atoms with Gasteiger partial charge in [-0.15, -0.1) is 0 Å². The molecule has 0 fully saturated rings. The lowest BCUT2D eigenvalue weighted by atomic mass is 9.82. The van der Waals surface area contributed by atoms with E-state index in [4.69, 9.17) is 9.84 Å². The lowest BCUT2D eigenvalue weighted by molar-refractivity contribution is 0.415. The molecular formula is C19H23N3O. The van der Waals surface area contributed by atoms with Crippen molar-refractivity contribution < 1.29 is 4.74 Å². The first kappa shape index (κ1) is 15.6. The number of benzene rings is 1. The lowest BCUT2D eigenvalue weighted by Gasteiger charge is -2.23. The Morgan fingerprint density at radius 3 is 2.70 bits per heavy atom. The average molecular weight is 309 g/mol. The molecule has 3 rings (SSSR count). The number of aromatic nitrogens is 2. The van der Waals surface area contributed by atoms with Crippen LogP contribution in [-0.2, 0) is 6.42 Å². The molecule has 0 bridgehead atoms. The molecule has 0 N–H and O–H groups in total. The summed E-state index contributed by atoms with van der Waals surface area (Å²) in [6.45, 7) is 4.33. The molecule has 4 heteroatoms. The highest BCUT2D eigenvalue weighted by molar-refractivity contribution is 5.66. The van der Waals surface area contributed by atoms with Crippen LogP contribution in [0.4, 0.5) is 0 Å². The van der Waals surface area contributed by atoms with E-state index < -0.39 is 0 Å². The zero-order valence-electron chi connectivity index (χ0n) is 14.0. The molecule has 1 heterocycles. The lowest BCUT2D eigenvalue weighted by Crippen LogP contribution is -2.14. The third-order valence-electron chi connectivity index (χ3n) is 4.62. The molecule has 1 unspecified atom stereocenters. The third-order valence-corrected chi connectivity index (χ3v) is 4.62. The zero-order valence-corrected chi connectivity index (χ0v) is 14.0. The van der Waals surface area contributed by atoms with Gasteiger partial charge in [0.25, 0.3) is 0 Å². The van der Waals surface area contributed by atoms with Crippen LogP contribution in [0.25, 0.3) is 11.3 Å². The number of hydrogen-bond acceptors (Lipinski definition) is 3. The van der Waals surface area contributed by atoms with E-state index in [0.717, 1.165) is 36.3 Å². The topological polar surface area (TPSA) is 50.8 Å². The quantitative estimate of drug-likeness (QED) is 0.837. The van der Waals surface area contributed by atoms with Crippen molar-refractivity contribution >= 4 is 0 Å². The van der Waals surface area contributed by atoms with E-state index in [0.29, 0.717) is 18.4 Å². The summed E-state index contributed by atoms with van der Waals surface area (Å²) in [7, 11) is 1.67. The minimum absolute atomic E-state index is 0.299. The van der Waals surface area contributed by atoms with Crippen molar-refractivity contribution in [2.24, 2.45) is 0 Å². The Labute approximate surface area is 137 Å². The Morgan fingerprint density at radius 1 is 1.35 bits per heavy atom. The largest absolute Gasteiger partial charge is 0.497 e. The van der Waals surface area contributed by atoms with E-state index in [1.54, 1.807) is 7.11 Å². The average Bonchev–Trinajstić information content (AvgIpc) is 2.96. The van der Waals surface area contributed by atoms with Crippen LogP contribution >= 0.6 is 0 Å². The van der Waals surface area contributed by atoms with Gasteiger partial charge in [-0.05, 0) is 57.4 Å². The second-order valence-electron chi connectivity index (χ2n) is 6.43. The monoisotopic (exact) mass is 309 g/mol. The molecule has 0 spiro atoms. The molecule has 1 aliphatic carbocycles. The fraction of sp³-hybridized carbons (Fsp3) is 0.474. The van der Waals surface area contributed by atoms with Gasteiger partial charge in [0.05, 0.1) is 18.9 Å². The number of ether oxygens (including phenoxy) is 1. The van der Waals surface area contributed by atoms with Crippen LogP contribution in [0.2, 0.25) is 0 Å². The normalized spacial score (nSPS) is 16.9. The second-order valence-corrected chi connectivity index (χ2v) is 6.43. The van der Waals surface area contributed by atoms with Gasteiger partial charge in [-0.3, -0.25) is 4.68 Å². The molecule has 120 valence electrons. The molecule has 2 aromatic rings. The fourth-order valence-corrected chi connectivity index (χ4v) is 3.52. The Bertz CT molecular complexity index is 722. The van der Waals surface area contributed by atoms with Crippen LogP contribution in [0.1, 0.15) is 56.3 Å².